The molecule has 1 heterocycles. The molecule has 0 saturated heterocycles. The molecule has 7 heteroatoms. The van der Waals surface area contributed by atoms with Gasteiger partial charge in [-0.05, 0) is 43.2 Å². The predicted molar refractivity (Wildman–Crippen MR) is 120 cm³/mol. The lowest BCUT2D eigenvalue weighted by atomic mass is 10.2. The molecule has 0 aliphatic rings. The fraction of sp³-hybridized carbons (Fsp3) is 0.318. The van der Waals surface area contributed by atoms with Crippen LogP contribution in [0.2, 0.25) is 5.02 Å². The molecule has 3 aromatic rings. The number of thioether (sulfide) groups is 1. The highest BCUT2D eigenvalue weighted by Crippen LogP contribution is 2.23. The summed E-state index contributed by atoms with van der Waals surface area (Å²) in [5.74, 6) is -0.102. The minimum atomic E-state index is -0.386. The first-order chi connectivity index (χ1) is 14.0. The lowest BCUT2D eigenvalue weighted by Crippen LogP contribution is -2.31. The summed E-state index contributed by atoms with van der Waals surface area (Å²) in [6.45, 7) is 4.93. The smallest absolute Gasteiger partial charge is 0.262 e. The molecular formula is C22H24ClN3O2S. The highest BCUT2D eigenvalue weighted by molar-refractivity contribution is 8.00. The molecule has 1 amide bonds. The Balaban J connectivity index is 1.77. The highest BCUT2D eigenvalue weighted by atomic mass is 35.5. The molecule has 3 rings (SSSR count). The second kappa shape index (κ2) is 9.94. The molecule has 1 unspecified atom stereocenters. The Bertz CT molecular complexity index is 1050. The average molecular weight is 430 g/mol. The van der Waals surface area contributed by atoms with Crippen LogP contribution in [0.3, 0.4) is 0 Å². The lowest BCUT2D eigenvalue weighted by Gasteiger charge is -2.16. The van der Waals surface area contributed by atoms with Crippen LogP contribution in [0.25, 0.3) is 10.9 Å². The highest BCUT2D eigenvalue weighted by Gasteiger charge is 2.19. The summed E-state index contributed by atoms with van der Waals surface area (Å²) in [7, 11) is 0. The number of hydrogen-bond acceptors (Lipinski definition) is 4. The maximum absolute atomic E-state index is 12.9. The fourth-order valence-corrected chi connectivity index (χ4v) is 3.98. The number of para-hydroxylation sites is 1. The second-order valence-corrected chi connectivity index (χ2v) is 8.57. The van der Waals surface area contributed by atoms with Gasteiger partial charge in [0.1, 0.15) is 0 Å². The van der Waals surface area contributed by atoms with Crippen molar-refractivity contribution < 1.29 is 4.79 Å². The van der Waals surface area contributed by atoms with Crippen molar-refractivity contribution in [1.82, 2.24) is 14.9 Å². The average Bonchev–Trinajstić information content (AvgIpc) is 2.73. The number of fused-ring (bicyclic) bond motifs is 1. The van der Waals surface area contributed by atoms with Crippen molar-refractivity contribution in [3.05, 3.63) is 69.5 Å². The molecule has 0 radical (unpaired) electrons. The van der Waals surface area contributed by atoms with Gasteiger partial charge in [-0.3, -0.25) is 14.2 Å². The number of halogens is 1. The maximum Gasteiger partial charge on any atom is 0.262 e. The third-order valence-electron chi connectivity index (χ3n) is 4.59. The van der Waals surface area contributed by atoms with Crippen LogP contribution in [-0.2, 0) is 17.9 Å². The molecule has 0 bridgehead atoms. The van der Waals surface area contributed by atoms with Gasteiger partial charge < -0.3 is 5.32 Å². The van der Waals surface area contributed by atoms with Crippen LogP contribution in [0, 0.1) is 0 Å². The summed E-state index contributed by atoms with van der Waals surface area (Å²) in [6.07, 6.45) is 1.85. The predicted octanol–water partition coefficient (Wildman–Crippen LogP) is 4.65. The van der Waals surface area contributed by atoms with Crippen LogP contribution in [0.5, 0.6) is 0 Å². The van der Waals surface area contributed by atoms with E-state index in [9.17, 15) is 9.59 Å². The number of nitrogens with zero attached hydrogens (tertiary/aromatic N) is 2. The monoisotopic (exact) mass is 429 g/mol. The molecule has 0 spiro atoms. The van der Waals surface area contributed by atoms with Gasteiger partial charge in [-0.25, -0.2) is 4.98 Å². The number of benzene rings is 2. The Morgan fingerprint density at radius 2 is 1.93 bits per heavy atom. The van der Waals surface area contributed by atoms with E-state index in [1.54, 1.807) is 22.8 Å². The molecule has 5 nitrogen and oxygen atoms in total. The molecule has 1 N–H and O–H groups in total. The van der Waals surface area contributed by atoms with Crippen LogP contribution in [-0.4, -0.2) is 20.7 Å². The van der Waals surface area contributed by atoms with Gasteiger partial charge >= 0.3 is 0 Å². The van der Waals surface area contributed by atoms with Gasteiger partial charge in [-0.2, -0.15) is 0 Å². The van der Waals surface area contributed by atoms with Crippen molar-refractivity contribution in [2.75, 3.05) is 0 Å². The zero-order chi connectivity index (χ0) is 20.8. The Hall–Kier alpha value is -2.31. The molecule has 1 aromatic heterocycles. The Morgan fingerprint density at radius 3 is 2.66 bits per heavy atom. The van der Waals surface area contributed by atoms with E-state index in [4.69, 9.17) is 11.6 Å². The lowest BCUT2D eigenvalue weighted by molar-refractivity contribution is -0.120. The van der Waals surface area contributed by atoms with Crippen LogP contribution in [0.1, 0.15) is 32.3 Å². The minimum absolute atomic E-state index is 0.0553. The molecule has 0 aliphatic carbocycles. The Kier molecular flexibility index (Phi) is 7.34. The van der Waals surface area contributed by atoms with E-state index < -0.39 is 0 Å². The number of rotatable bonds is 8. The molecule has 0 aliphatic heterocycles. The van der Waals surface area contributed by atoms with E-state index in [0.29, 0.717) is 34.2 Å². The van der Waals surface area contributed by atoms with Crippen LogP contribution in [0.4, 0.5) is 0 Å². The zero-order valence-corrected chi connectivity index (χ0v) is 18.1. The van der Waals surface area contributed by atoms with Crippen molar-refractivity contribution in [2.45, 2.75) is 50.2 Å². The summed E-state index contributed by atoms with van der Waals surface area (Å²) in [6, 6.07) is 14.7. The molecular weight excluding hydrogens is 406 g/mol. The van der Waals surface area contributed by atoms with E-state index in [1.807, 2.05) is 37.3 Å². The first-order valence-electron chi connectivity index (χ1n) is 9.68. The van der Waals surface area contributed by atoms with Gasteiger partial charge in [0.15, 0.2) is 5.16 Å². The number of hydrogen-bond donors (Lipinski definition) is 1. The summed E-state index contributed by atoms with van der Waals surface area (Å²) in [5, 5.41) is 4.40. The first-order valence-corrected chi connectivity index (χ1v) is 10.9. The van der Waals surface area contributed by atoms with Crippen molar-refractivity contribution in [2.24, 2.45) is 0 Å². The van der Waals surface area contributed by atoms with Crippen molar-refractivity contribution in [3.8, 4) is 0 Å². The van der Waals surface area contributed by atoms with Gasteiger partial charge in [-0.15, -0.1) is 0 Å². The molecule has 0 fully saturated rings. The number of carbonyl (C=O) groups excluding carboxylic acids is 1. The number of unbranched alkanes of at least 4 members (excludes halogenated alkanes) is 1. The van der Waals surface area contributed by atoms with Gasteiger partial charge in [0.2, 0.25) is 5.91 Å². The molecule has 2 aromatic carbocycles. The quantitative estimate of drug-likeness (QED) is 0.418. The normalized spacial score (nSPS) is 12.1. The minimum Gasteiger partial charge on any atom is -0.351 e. The first kappa shape index (κ1) is 21.4. The molecule has 152 valence electrons. The van der Waals surface area contributed by atoms with Gasteiger partial charge in [0.25, 0.3) is 5.56 Å². The van der Waals surface area contributed by atoms with E-state index in [2.05, 4.69) is 17.2 Å². The maximum atomic E-state index is 12.9. The third-order valence-corrected chi connectivity index (χ3v) is 5.94. The molecule has 0 saturated carbocycles. The number of nitrogens with one attached hydrogen (secondary N) is 1. The van der Waals surface area contributed by atoms with E-state index in [-0.39, 0.29) is 16.7 Å². The summed E-state index contributed by atoms with van der Waals surface area (Å²) < 4.78 is 1.69. The van der Waals surface area contributed by atoms with Gasteiger partial charge in [0, 0.05) is 18.1 Å². The zero-order valence-electron chi connectivity index (χ0n) is 16.5. The number of aromatic nitrogens is 2. The molecule has 1 atom stereocenters. The largest absolute Gasteiger partial charge is 0.351 e. The summed E-state index contributed by atoms with van der Waals surface area (Å²) in [5.41, 5.74) is 1.57. The second-order valence-electron chi connectivity index (χ2n) is 6.83. The summed E-state index contributed by atoms with van der Waals surface area (Å²) >= 11 is 7.21. The fourth-order valence-electron chi connectivity index (χ4n) is 2.90. The topological polar surface area (TPSA) is 64.0 Å². The van der Waals surface area contributed by atoms with Crippen molar-refractivity contribution >= 4 is 40.2 Å². The van der Waals surface area contributed by atoms with Crippen LogP contribution >= 0.6 is 23.4 Å². The number of carbonyl (C=O) groups is 1. The van der Waals surface area contributed by atoms with Crippen molar-refractivity contribution in [1.29, 1.82) is 0 Å². The Morgan fingerprint density at radius 1 is 1.21 bits per heavy atom. The SMILES string of the molecule is CCCCn1c(SC(C)C(=O)NCc2ccc(Cl)cc2)nc2ccccc2c1=O. The van der Waals surface area contributed by atoms with Crippen molar-refractivity contribution in [3.63, 3.8) is 0 Å². The standard InChI is InChI=1S/C22H24ClN3O2S/c1-3-4-13-26-21(28)18-7-5-6-8-19(18)25-22(26)29-15(2)20(27)24-14-16-9-11-17(23)12-10-16/h5-12,15H,3-4,13-14H2,1-2H3,(H,24,27). The van der Waals surface area contributed by atoms with E-state index in [1.165, 1.54) is 11.8 Å². The van der Waals surface area contributed by atoms with E-state index in [0.717, 1.165) is 18.4 Å². The number of amides is 1. The van der Waals surface area contributed by atoms with E-state index >= 15 is 0 Å². The third kappa shape index (κ3) is 5.40. The Labute approximate surface area is 179 Å². The van der Waals surface area contributed by atoms with Crippen LogP contribution < -0.4 is 10.9 Å². The van der Waals surface area contributed by atoms with Gasteiger partial charge in [-0.1, -0.05) is 61.0 Å². The van der Waals surface area contributed by atoms with Crippen LogP contribution in [0.15, 0.2) is 58.5 Å². The molecule has 29 heavy (non-hydrogen) atoms. The summed E-state index contributed by atoms with van der Waals surface area (Å²) in [4.78, 5) is 30.2. The van der Waals surface area contributed by atoms with Gasteiger partial charge in [0.05, 0.1) is 16.2 Å².